The molecule has 2 N–H and O–H groups in total. The predicted molar refractivity (Wildman–Crippen MR) is 117 cm³/mol. The van der Waals surface area contributed by atoms with Crippen molar-refractivity contribution in [2.24, 2.45) is 10.7 Å². The van der Waals surface area contributed by atoms with Gasteiger partial charge in [-0.25, -0.2) is 4.99 Å². The number of methoxy groups -OCH3 is 2. The topological polar surface area (TPSA) is 111 Å². The third-order valence-corrected chi connectivity index (χ3v) is 4.68. The van der Waals surface area contributed by atoms with Crippen LogP contribution < -0.4 is 10.5 Å². The molecule has 0 aliphatic heterocycles. The van der Waals surface area contributed by atoms with Crippen molar-refractivity contribution in [3.63, 3.8) is 0 Å². The molecule has 0 radical (unpaired) electrons. The van der Waals surface area contributed by atoms with E-state index in [4.69, 9.17) is 20.5 Å². The number of nitriles is 1. The Kier molecular flexibility index (Phi) is 6.97. The average molecular weight is 414 g/mol. The van der Waals surface area contributed by atoms with Crippen molar-refractivity contribution in [2.45, 2.75) is 12.5 Å². The average Bonchev–Trinajstić information content (AvgIpc) is 2.82. The van der Waals surface area contributed by atoms with E-state index in [0.717, 1.165) is 16.7 Å². The Bertz CT molecular complexity index is 1130. The summed E-state index contributed by atoms with van der Waals surface area (Å²) in [6.45, 7) is 0. The molecule has 156 valence electrons. The van der Waals surface area contributed by atoms with E-state index >= 15 is 0 Å². The third kappa shape index (κ3) is 5.46. The monoisotopic (exact) mass is 414 g/mol. The molecule has 0 amide bonds. The number of nitrogens with zero attached hydrogens (tertiary/aromatic N) is 3. The van der Waals surface area contributed by atoms with E-state index in [0.29, 0.717) is 17.0 Å². The number of Topliss-reactive ketones (excluding diaryl/α,β-unsaturated/α-hetero) is 1. The van der Waals surface area contributed by atoms with Crippen LogP contribution in [0.3, 0.4) is 0 Å². The highest BCUT2D eigenvalue weighted by Crippen LogP contribution is 2.29. The smallest absolute Gasteiger partial charge is 0.282 e. The third-order valence-electron chi connectivity index (χ3n) is 4.68. The number of rotatable bonds is 7. The van der Waals surface area contributed by atoms with Gasteiger partial charge in [-0.15, -0.1) is 0 Å². The van der Waals surface area contributed by atoms with Crippen molar-refractivity contribution in [3.05, 3.63) is 94.8 Å². The van der Waals surface area contributed by atoms with E-state index in [1.807, 2.05) is 54.6 Å². The molecule has 7 heteroatoms. The lowest BCUT2D eigenvalue weighted by Gasteiger charge is -2.16. The molecule has 7 nitrogen and oxygen atoms in total. The first-order chi connectivity index (χ1) is 15.0. The maximum absolute atomic E-state index is 12.6. The number of hydrogen-bond acceptors (Lipinski definition) is 6. The van der Waals surface area contributed by atoms with Crippen molar-refractivity contribution >= 4 is 11.8 Å². The summed E-state index contributed by atoms with van der Waals surface area (Å²) in [4.78, 5) is 21.2. The minimum absolute atomic E-state index is 0.0519. The lowest BCUT2D eigenvalue weighted by Crippen LogP contribution is -2.16. The summed E-state index contributed by atoms with van der Waals surface area (Å²) in [5.41, 5.74) is 9.11. The standard InChI is InChI=1S/C24H22N4O3/c1-30-20-8-4-7-19(13-20)23(28-24(26)31-2)18-6-3-5-16(11-18)12-22(29)21-10-9-17(14-25)15-27-21/h3-11,13,15,23H,12H2,1-2H3,(H2,26,28). The number of benzene rings is 2. The minimum Gasteiger partial charge on any atom is -0.497 e. The van der Waals surface area contributed by atoms with Crippen LogP contribution in [0.2, 0.25) is 0 Å². The van der Waals surface area contributed by atoms with Crippen LogP contribution in [0.1, 0.15) is 38.8 Å². The fourth-order valence-electron chi connectivity index (χ4n) is 3.11. The number of carbonyl (C=O) groups excluding carboxylic acids is 1. The van der Waals surface area contributed by atoms with Crippen LogP contribution >= 0.6 is 0 Å². The van der Waals surface area contributed by atoms with Gasteiger partial charge in [0.25, 0.3) is 6.02 Å². The zero-order chi connectivity index (χ0) is 22.2. The zero-order valence-electron chi connectivity index (χ0n) is 17.3. The molecule has 31 heavy (non-hydrogen) atoms. The van der Waals surface area contributed by atoms with Gasteiger partial charge in [0.2, 0.25) is 0 Å². The highest BCUT2D eigenvalue weighted by molar-refractivity contribution is 5.95. The molecule has 1 unspecified atom stereocenters. The molecule has 3 aromatic rings. The molecule has 2 aromatic carbocycles. The van der Waals surface area contributed by atoms with Crippen molar-refractivity contribution < 1.29 is 14.3 Å². The van der Waals surface area contributed by atoms with Crippen LogP contribution in [-0.4, -0.2) is 31.0 Å². The quantitative estimate of drug-likeness (QED) is 0.360. The maximum atomic E-state index is 12.6. The fourth-order valence-corrected chi connectivity index (χ4v) is 3.11. The summed E-state index contributed by atoms with van der Waals surface area (Å²) in [6.07, 6.45) is 1.56. The van der Waals surface area contributed by atoms with Crippen LogP contribution in [0.25, 0.3) is 0 Å². The first-order valence-electron chi connectivity index (χ1n) is 9.53. The van der Waals surface area contributed by atoms with E-state index < -0.39 is 6.04 Å². The molecular weight excluding hydrogens is 392 g/mol. The first kappa shape index (κ1) is 21.5. The lowest BCUT2D eigenvalue weighted by molar-refractivity contribution is 0.0988. The zero-order valence-corrected chi connectivity index (χ0v) is 17.3. The van der Waals surface area contributed by atoms with Gasteiger partial charge in [0.05, 0.1) is 19.8 Å². The summed E-state index contributed by atoms with van der Waals surface area (Å²) in [5, 5.41) is 8.88. The number of carbonyl (C=O) groups is 1. The van der Waals surface area contributed by atoms with Crippen molar-refractivity contribution in [1.29, 1.82) is 5.26 Å². The maximum Gasteiger partial charge on any atom is 0.282 e. The Labute approximate surface area is 180 Å². The number of aromatic nitrogens is 1. The predicted octanol–water partition coefficient (Wildman–Crippen LogP) is 3.44. The number of ether oxygens (including phenoxy) is 2. The normalized spacial score (nSPS) is 12.0. The molecule has 0 aliphatic carbocycles. The summed E-state index contributed by atoms with van der Waals surface area (Å²) in [7, 11) is 3.06. The highest BCUT2D eigenvalue weighted by atomic mass is 16.5. The van der Waals surface area contributed by atoms with Gasteiger partial charge in [-0.05, 0) is 41.0 Å². The Morgan fingerprint density at radius 2 is 1.87 bits per heavy atom. The Morgan fingerprint density at radius 1 is 1.13 bits per heavy atom. The molecule has 0 saturated heterocycles. The van der Waals surface area contributed by atoms with E-state index in [1.54, 1.807) is 19.2 Å². The van der Waals surface area contributed by atoms with Gasteiger partial charge < -0.3 is 15.2 Å². The second-order valence-corrected chi connectivity index (χ2v) is 6.74. The SMILES string of the molecule is COC(N)=NC(c1cccc(CC(=O)c2ccc(C#N)cn2)c1)c1cccc(OC)c1. The summed E-state index contributed by atoms with van der Waals surface area (Å²) in [6, 6.07) is 19.9. The fraction of sp³-hybridized carbons (Fsp3) is 0.167. The van der Waals surface area contributed by atoms with Crippen LogP contribution in [0.5, 0.6) is 5.75 Å². The Hall–Kier alpha value is -4.18. The number of aliphatic imine (C=N–C) groups is 1. The van der Waals surface area contributed by atoms with E-state index in [1.165, 1.54) is 13.3 Å². The van der Waals surface area contributed by atoms with Gasteiger partial charge in [0.15, 0.2) is 5.78 Å². The molecule has 0 fully saturated rings. The summed E-state index contributed by atoms with van der Waals surface area (Å²) < 4.78 is 10.4. The summed E-state index contributed by atoms with van der Waals surface area (Å²) in [5.74, 6) is 0.561. The number of nitrogens with two attached hydrogens (primary N) is 1. The molecule has 0 bridgehead atoms. The van der Waals surface area contributed by atoms with Crippen molar-refractivity contribution in [2.75, 3.05) is 14.2 Å². The van der Waals surface area contributed by atoms with E-state index in [-0.39, 0.29) is 18.2 Å². The van der Waals surface area contributed by atoms with Gasteiger partial charge in [-0.3, -0.25) is 9.78 Å². The Balaban J connectivity index is 1.91. The summed E-state index contributed by atoms with van der Waals surface area (Å²) >= 11 is 0. The van der Waals surface area contributed by atoms with Crippen LogP contribution in [-0.2, 0) is 11.2 Å². The van der Waals surface area contributed by atoms with E-state index in [2.05, 4.69) is 9.98 Å². The molecule has 3 rings (SSSR count). The largest absolute Gasteiger partial charge is 0.497 e. The number of pyridine rings is 1. The van der Waals surface area contributed by atoms with Gasteiger partial charge >= 0.3 is 0 Å². The van der Waals surface area contributed by atoms with E-state index in [9.17, 15) is 4.79 Å². The molecule has 1 heterocycles. The second-order valence-electron chi connectivity index (χ2n) is 6.74. The van der Waals surface area contributed by atoms with Crippen molar-refractivity contribution in [3.8, 4) is 11.8 Å². The van der Waals surface area contributed by atoms with Gasteiger partial charge in [0, 0.05) is 12.6 Å². The molecule has 1 aromatic heterocycles. The number of amidine groups is 1. The van der Waals surface area contributed by atoms with Gasteiger partial charge in [-0.1, -0.05) is 36.4 Å². The van der Waals surface area contributed by atoms with Crippen LogP contribution in [0.15, 0.2) is 71.9 Å². The lowest BCUT2D eigenvalue weighted by atomic mass is 9.95. The molecule has 1 atom stereocenters. The van der Waals surface area contributed by atoms with Crippen LogP contribution in [0.4, 0.5) is 0 Å². The van der Waals surface area contributed by atoms with Crippen molar-refractivity contribution in [1.82, 2.24) is 4.98 Å². The molecule has 0 saturated carbocycles. The van der Waals surface area contributed by atoms with Gasteiger partial charge in [0.1, 0.15) is 23.6 Å². The molecule has 0 spiro atoms. The molecule has 0 aliphatic rings. The second kappa shape index (κ2) is 10.0. The van der Waals surface area contributed by atoms with Gasteiger partial charge in [-0.2, -0.15) is 5.26 Å². The number of hydrogen-bond donors (Lipinski definition) is 1. The number of ketones is 1. The first-order valence-corrected chi connectivity index (χ1v) is 9.53. The van der Waals surface area contributed by atoms with Crippen LogP contribution in [0, 0.1) is 11.3 Å². The minimum atomic E-state index is -0.432. The Morgan fingerprint density at radius 3 is 2.52 bits per heavy atom. The highest BCUT2D eigenvalue weighted by Gasteiger charge is 2.17. The molecular formula is C24H22N4O3.